The minimum absolute atomic E-state index is 0.0463. The molecular weight excluding hydrogens is 290 g/mol. The molecule has 1 heterocycles. The second kappa shape index (κ2) is 5.48. The molecule has 1 saturated heterocycles. The molecule has 0 N–H and O–H groups in total. The molecule has 0 spiro atoms. The van der Waals surface area contributed by atoms with Crippen LogP contribution in [-0.4, -0.2) is 31.3 Å². The Bertz CT molecular complexity index is 570. The van der Waals surface area contributed by atoms with E-state index >= 15 is 0 Å². The van der Waals surface area contributed by atoms with E-state index in [1.165, 1.54) is 24.3 Å². The minimum atomic E-state index is -3.82. The van der Waals surface area contributed by atoms with Crippen molar-refractivity contribution >= 4 is 27.6 Å². The van der Waals surface area contributed by atoms with Crippen molar-refractivity contribution < 1.29 is 18.3 Å². The second-order valence-corrected chi connectivity index (χ2v) is 6.73. The van der Waals surface area contributed by atoms with Crippen molar-refractivity contribution in [3.63, 3.8) is 0 Å². The number of rotatable bonds is 3. The number of benzene rings is 1. The van der Waals surface area contributed by atoms with Crippen LogP contribution in [0, 0.1) is 0 Å². The van der Waals surface area contributed by atoms with Gasteiger partial charge in [0.15, 0.2) is 0 Å². The molecule has 1 aromatic carbocycles. The number of nitrogens with zero attached hydrogens (tertiary/aromatic N) is 1. The van der Waals surface area contributed by atoms with Crippen LogP contribution in [0.3, 0.4) is 0 Å². The molecule has 7 heteroatoms. The van der Waals surface area contributed by atoms with Crippen molar-refractivity contribution in [2.24, 2.45) is 0 Å². The van der Waals surface area contributed by atoms with Gasteiger partial charge in [0.2, 0.25) is 10.0 Å². The van der Waals surface area contributed by atoms with Gasteiger partial charge in [-0.1, -0.05) is 18.0 Å². The molecule has 0 aliphatic carbocycles. The van der Waals surface area contributed by atoms with Crippen LogP contribution in [0.15, 0.2) is 29.2 Å². The van der Waals surface area contributed by atoms with Gasteiger partial charge < -0.3 is 9.90 Å². The van der Waals surface area contributed by atoms with Gasteiger partial charge in [0.1, 0.15) is 0 Å². The normalized spacial score (nSPS) is 21.2. The summed E-state index contributed by atoms with van der Waals surface area (Å²) in [6.07, 6.45) is 1.62. The van der Waals surface area contributed by atoms with Crippen molar-refractivity contribution in [3.05, 3.63) is 29.3 Å². The van der Waals surface area contributed by atoms with Crippen LogP contribution in [0.25, 0.3) is 0 Å². The third-order valence-electron chi connectivity index (χ3n) is 3.15. The third-order valence-corrected chi connectivity index (χ3v) is 5.32. The van der Waals surface area contributed by atoms with E-state index in [4.69, 9.17) is 11.6 Å². The highest BCUT2D eigenvalue weighted by Gasteiger charge is 2.34. The van der Waals surface area contributed by atoms with Crippen LogP contribution < -0.4 is 5.11 Å². The molecule has 104 valence electrons. The molecule has 19 heavy (non-hydrogen) atoms. The fraction of sp³-hybridized carbons (Fsp3) is 0.417. The number of carboxylic acid groups (broad SMARTS) is 1. The summed E-state index contributed by atoms with van der Waals surface area (Å²) in [6, 6.07) is 4.59. The number of aliphatic carboxylic acids is 1. The largest absolute Gasteiger partial charge is 0.548 e. The van der Waals surface area contributed by atoms with E-state index in [2.05, 4.69) is 0 Å². The van der Waals surface area contributed by atoms with E-state index in [1.54, 1.807) is 0 Å². The van der Waals surface area contributed by atoms with Crippen molar-refractivity contribution in [2.75, 3.05) is 6.54 Å². The third kappa shape index (κ3) is 2.91. The maximum absolute atomic E-state index is 12.4. The maximum Gasteiger partial charge on any atom is 0.243 e. The van der Waals surface area contributed by atoms with E-state index in [-0.39, 0.29) is 17.9 Å². The fourth-order valence-corrected chi connectivity index (χ4v) is 3.94. The zero-order valence-electron chi connectivity index (χ0n) is 10.1. The van der Waals surface area contributed by atoms with Gasteiger partial charge in [-0.2, -0.15) is 4.31 Å². The van der Waals surface area contributed by atoms with E-state index in [0.29, 0.717) is 17.9 Å². The SMILES string of the molecule is O=C([O-])[C@@H]1CCCCN1S(=O)(=O)c1ccc(Cl)cc1. The molecule has 0 radical (unpaired) electrons. The Morgan fingerprint density at radius 3 is 2.47 bits per heavy atom. The predicted molar refractivity (Wildman–Crippen MR) is 68.0 cm³/mol. The predicted octanol–water partition coefficient (Wildman–Crippen LogP) is 0.633. The fourth-order valence-electron chi connectivity index (χ4n) is 2.17. The van der Waals surface area contributed by atoms with E-state index in [9.17, 15) is 18.3 Å². The lowest BCUT2D eigenvalue weighted by Gasteiger charge is -2.35. The molecule has 1 aromatic rings. The maximum atomic E-state index is 12.4. The first-order valence-electron chi connectivity index (χ1n) is 5.91. The first-order chi connectivity index (χ1) is 8.93. The lowest BCUT2D eigenvalue weighted by Crippen LogP contribution is -2.52. The Kier molecular flexibility index (Phi) is 4.13. The first-order valence-corrected chi connectivity index (χ1v) is 7.73. The van der Waals surface area contributed by atoms with Gasteiger partial charge in [-0.3, -0.25) is 0 Å². The van der Waals surface area contributed by atoms with Crippen molar-refractivity contribution in [2.45, 2.75) is 30.2 Å². The van der Waals surface area contributed by atoms with E-state index in [1.807, 2.05) is 0 Å². The molecule has 5 nitrogen and oxygen atoms in total. The smallest absolute Gasteiger partial charge is 0.243 e. The number of hydrogen-bond acceptors (Lipinski definition) is 4. The number of sulfonamides is 1. The van der Waals surface area contributed by atoms with Crippen molar-refractivity contribution in [1.29, 1.82) is 0 Å². The van der Waals surface area contributed by atoms with Gasteiger partial charge in [-0.15, -0.1) is 0 Å². The van der Waals surface area contributed by atoms with Crippen molar-refractivity contribution in [1.82, 2.24) is 4.31 Å². The summed E-state index contributed by atoms with van der Waals surface area (Å²) in [5, 5.41) is 11.5. The summed E-state index contributed by atoms with van der Waals surface area (Å²) >= 11 is 5.71. The number of halogens is 1. The molecule has 1 aliphatic heterocycles. The molecule has 0 saturated carbocycles. The molecule has 1 aliphatic rings. The highest BCUT2D eigenvalue weighted by Crippen LogP contribution is 2.25. The van der Waals surface area contributed by atoms with E-state index in [0.717, 1.165) is 4.31 Å². The monoisotopic (exact) mass is 302 g/mol. The van der Waals surface area contributed by atoms with Crippen LogP contribution in [0.2, 0.25) is 5.02 Å². The lowest BCUT2D eigenvalue weighted by molar-refractivity contribution is -0.311. The van der Waals surface area contributed by atoms with Gasteiger partial charge in [0.25, 0.3) is 0 Å². The number of carbonyl (C=O) groups excluding carboxylic acids is 1. The second-order valence-electron chi connectivity index (χ2n) is 4.40. The Morgan fingerprint density at radius 2 is 1.89 bits per heavy atom. The van der Waals surface area contributed by atoms with Crippen LogP contribution in [0.4, 0.5) is 0 Å². The van der Waals surface area contributed by atoms with Crippen LogP contribution in [0.1, 0.15) is 19.3 Å². The summed E-state index contributed by atoms with van der Waals surface area (Å²) in [4.78, 5) is 11.1. The Morgan fingerprint density at radius 1 is 1.26 bits per heavy atom. The Balaban J connectivity index is 2.37. The van der Waals surface area contributed by atoms with Crippen LogP contribution >= 0.6 is 11.6 Å². The number of carboxylic acids is 1. The zero-order valence-corrected chi connectivity index (χ0v) is 11.7. The average molecular weight is 303 g/mol. The molecule has 0 unspecified atom stereocenters. The standard InChI is InChI=1S/C12H14ClNO4S/c13-9-4-6-10(7-5-9)19(17,18)14-8-2-1-3-11(14)12(15)16/h4-7,11H,1-3,8H2,(H,15,16)/p-1/t11-/m0/s1. The number of carbonyl (C=O) groups is 1. The minimum Gasteiger partial charge on any atom is -0.548 e. The summed E-state index contributed by atoms with van der Waals surface area (Å²) < 4.78 is 25.8. The van der Waals surface area contributed by atoms with Crippen molar-refractivity contribution in [3.8, 4) is 0 Å². The van der Waals surface area contributed by atoms with E-state index < -0.39 is 22.0 Å². The zero-order chi connectivity index (χ0) is 14.0. The molecule has 2 rings (SSSR count). The number of hydrogen-bond donors (Lipinski definition) is 0. The quantitative estimate of drug-likeness (QED) is 0.820. The molecule has 1 fully saturated rings. The lowest BCUT2D eigenvalue weighted by atomic mass is 10.1. The highest BCUT2D eigenvalue weighted by atomic mass is 35.5. The average Bonchev–Trinajstić information content (AvgIpc) is 2.39. The highest BCUT2D eigenvalue weighted by molar-refractivity contribution is 7.89. The summed E-state index contributed by atoms with van der Waals surface area (Å²) in [5.41, 5.74) is 0. The first kappa shape index (κ1) is 14.3. The molecule has 0 bridgehead atoms. The molecule has 0 aromatic heterocycles. The number of piperidine rings is 1. The molecule has 1 atom stereocenters. The Hall–Kier alpha value is -1.11. The van der Waals surface area contributed by atoms with Crippen LogP contribution in [-0.2, 0) is 14.8 Å². The molecule has 0 amide bonds. The topological polar surface area (TPSA) is 77.5 Å². The summed E-state index contributed by atoms with van der Waals surface area (Å²) in [5.74, 6) is -1.35. The molecular formula is C12H13ClNO4S-. The Labute approximate surface area is 116 Å². The van der Waals surface area contributed by atoms with Gasteiger partial charge in [0.05, 0.1) is 16.9 Å². The van der Waals surface area contributed by atoms with Gasteiger partial charge in [-0.05, 0) is 37.1 Å². The summed E-state index contributed by atoms with van der Waals surface area (Å²) in [7, 11) is -3.82. The van der Waals surface area contributed by atoms with Gasteiger partial charge in [0, 0.05) is 11.6 Å². The van der Waals surface area contributed by atoms with Crippen LogP contribution in [0.5, 0.6) is 0 Å². The van der Waals surface area contributed by atoms with Gasteiger partial charge in [-0.25, -0.2) is 8.42 Å². The summed E-state index contributed by atoms with van der Waals surface area (Å²) in [6.45, 7) is 0.198. The van der Waals surface area contributed by atoms with Gasteiger partial charge >= 0.3 is 0 Å².